The quantitative estimate of drug-likeness (QED) is 0.600. The summed E-state index contributed by atoms with van der Waals surface area (Å²) in [7, 11) is 0. The van der Waals surface area contributed by atoms with Crippen LogP contribution < -0.4 is 11.1 Å². The molecule has 0 saturated carbocycles. The summed E-state index contributed by atoms with van der Waals surface area (Å²) in [6, 6.07) is -0.216. The molecular weight excluding hydrogens is 208 g/mol. The largest absolute Gasteiger partial charge is 0.394 e. The lowest BCUT2D eigenvalue weighted by Crippen LogP contribution is -2.37. The lowest BCUT2D eigenvalue weighted by molar-refractivity contribution is 0.0910. The van der Waals surface area contributed by atoms with Crippen molar-refractivity contribution in [3.8, 4) is 0 Å². The standard InChI is InChI=1S/C10H18N4O2/c1-2-8(6-15)13-10(16)9-5-14(4-3-11)7-12-9/h5,7-8,15H,2-4,6,11H2,1H3,(H,13,16). The summed E-state index contributed by atoms with van der Waals surface area (Å²) in [6.45, 7) is 2.98. The molecule has 90 valence electrons. The van der Waals surface area contributed by atoms with Crippen molar-refractivity contribution in [2.45, 2.75) is 25.9 Å². The van der Waals surface area contributed by atoms with Crippen LogP contribution in [0.4, 0.5) is 0 Å². The maximum absolute atomic E-state index is 11.7. The Bertz CT molecular complexity index is 333. The molecule has 1 rings (SSSR count). The first-order valence-electron chi connectivity index (χ1n) is 5.34. The Kier molecular flexibility index (Phi) is 4.94. The molecule has 4 N–H and O–H groups in total. The molecule has 6 heteroatoms. The summed E-state index contributed by atoms with van der Waals surface area (Å²) >= 11 is 0. The highest BCUT2D eigenvalue weighted by molar-refractivity contribution is 5.92. The Labute approximate surface area is 94.5 Å². The zero-order valence-corrected chi connectivity index (χ0v) is 9.39. The van der Waals surface area contributed by atoms with Crippen LogP contribution >= 0.6 is 0 Å². The SMILES string of the molecule is CCC(CO)NC(=O)c1cn(CCN)cn1. The Morgan fingerprint density at radius 3 is 3.06 bits per heavy atom. The van der Waals surface area contributed by atoms with E-state index in [0.717, 1.165) is 0 Å². The summed E-state index contributed by atoms with van der Waals surface area (Å²) < 4.78 is 1.76. The lowest BCUT2D eigenvalue weighted by atomic mass is 10.2. The number of nitrogens with two attached hydrogens (primary N) is 1. The Morgan fingerprint density at radius 1 is 1.75 bits per heavy atom. The second-order valence-corrected chi connectivity index (χ2v) is 3.55. The van der Waals surface area contributed by atoms with Crippen LogP contribution in [0.25, 0.3) is 0 Å². The first kappa shape index (κ1) is 12.7. The molecule has 1 heterocycles. The van der Waals surface area contributed by atoms with Crippen molar-refractivity contribution in [2.75, 3.05) is 13.2 Å². The van der Waals surface area contributed by atoms with Crippen LogP contribution in [-0.4, -0.2) is 39.8 Å². The van der Waals surface area contributed by atoms with Crippen molar-refractivity contribution >= 4 is 5.91 Å². The molecule has 1 amide bonds. The third-order valence-electron chi connectivity index (χ3n) is 2.30. The van der Waals surface area contributed by atoms with Gasteiger partial charge in [-0.1, -0.05) is 6.92 Å². The normalized spacial score (nSPS) is 12.4. The zero-order valence-electron chi connectivity index (χ0n) is 9.39. The number of aromatic nitrogens is 2. The fourth-order valence-corrected chi connectivity index (χ4v) is 1.28. The zero-order chi connectivity index (χ0) is 12.0. The van der Waals surface area contributed by atoms with Gasteiger partial charge in [-0.3, -0.25) is 4.79 Å². The van der Waals surface area contributed by atoms with Crippen LogP contribution in [0.5, 0.6) is 0 Å². The van der Waals surface area contributed by atoms with E-state index in [4.69, 9.17) is 10.8 Å². The van der Waals surface area contributed by atoms with Gasteiger partial charge in [-0.15, -0.1) is 0 Å². The second kappa shape index (κ2) is 6.24. The lowest BCUT2D eigenvalue weighted by Gasteiger charge is -2.12. The van der Waals surface area contributed by atoms with E-state index in [2.05, 4.69) is 10.3 Å². The molecule has 6 nitrogen and oxygen atoms in total. The molecule has 1 aromatic rings. The summed E-state index contributed by atoms with van der Waals surface area (Å²) in [5, 5.41) is 11.6. The molecule has 0 radical (unpaired) electrons. The summed E-state index contributed by atoms with van der Waals surface area (Å²) in [5.74, 6) is -0.267. The number of nitrogens with zero attached hydrogens (tertiary/aromatic N) is 2. The first-order valence-corrected chi connectivity index (χ1v) is 5.34. The third kappa shape index (κ3) is 3.32. The highest BCUT2D eigenvalue weighted by Gasteiger charge is 2.13. The molecule has 1 aromatic heterocycles. The molecule has 0 fully saturated rings. The number of aliphatic hydroxyl groups excluding tert-OH is 1. The van der Waals surface area contributed by atoms with Crippen LogP contribution in [0, 0.1) is 0 Å². The van der Waals surface area contributed by atoms with Gasteiger partial charge < -0.3 is 20.7 Å². The minimum absolute atomic E-state index is 0.0637. The number of carbonyl (C=O) groups excluding carboxylic acids is 1. The van der Waals surface area contributed by atoms with Crippen molar-refractivity contribution in [2.24, 2.45) is 5.73 Å². The third-order valence-corrected chi connectivity index (χ3v) is 2.30. The van der Waals surface area contributed by atoms with Gasteiger partial charge in [0.2, 0.25) is 0 Å². The highest BCUT2D eigenvalue weighted by Crippen LogP contribution is 1.98. The highest BCUT2D eigenvalue weighted by atomic mass is 16.3. The predicted molar refractivity (Wildman–Crippen MR) is 59.9 cm³/mol. The number of carbonyl (C=O) groups is 1. The van der Waals surface area contributed by atoms with Gasteiger partial charge in [0, 0.05) is 19.3 Å². The number of nitrogens with one attached hydrogen (secondary N) is 1. The Hall–Kier alpha value is -1.40. The van der Waals surface area contributed by atoms with Crippen molar-refractivity contribution in [1.29, 1.82) is 0 Å². The van der Waals surface area contributed by atoms with Gasteiger partial charge in [-0.25, -0.2) is 4.98 Å². The van der Waals surface area contributed by atoms with Gasteiger partial charge in [0.25, 0.3) is 5.91 Å². The molecule has 1 atom stereocenters. The van der Waals surface area contributed by atoms with E-state index < -0.39 is 0 Å². The molecule has 0 bridgehead atoms. The van der Waals surface area contributed by atoms with Crippen LogP contribution in [0.3, 0.4) is 0 Å². The molecule has 0 saturated heterocycles. The van der Waals surface area contributed by atoms with E-state index >= 15 is 0 Å². The summed E-state index contributed by atoms with van der Waals surface area (Å²) in [5.41, 5.74) is 5.74. The van der Waals surface area contributed by atoms with Crippen LogP contribution in [0.15, 0.2) is 12.5 Å². The van der Waals surface area contributed by atoms with E-state index in [9.17, 15) is 4.79 Å². The molecule has 16 heavy (non-hydrogen) atoms. The molecule has 0 aliphatic heterocycles. The predicted octanol–water partition coefficient (Wildman–Crippen LogP) is -0.657. The minimum atomic E-state index is -0.267. The Morgan fingerprint density at radius 2 is 2.50 bits per heavy atom. The van der Waals surface area contributed by atoms with Gasteiger partial charge in [-0.2, -0.15) is 0 Å². The van der Waals surface area contributed by atoms with Crippen molar-refractivity contribution in [3.05, 3.63) is 18.2 Å². The van der Waals surface area contributed by atoms with Crippen LogP contribution in [0.2, 0.25) is 0 Å². The molecule has 0 aliphatic carbocycles. The summed E-state index contributed by atoms with van der Waals surface area (Å²) in [4.78, 5) is 15.6. The maximum atomic E-state index is 11.7. The monoisotopic (exact) mass is 226 g/mol. The Balaban J connectivity index is 2.58. The smallest absolute Gasteiger partial charge is 0.271 e. The summed E-state index contributed by atoms with van der Waals surface area (Å²) in [6.07, 6.45) is 3.90. The average Bonchev–Trinajstić information content (AvgIpc) is 2.74. The number of rotatable bonds is 6. The topological polar surface area (TPSA) is 93.2 Å². The van der Waals surface area contributed by atoms with E-state index in [0.29, 0.717) is 25.2 Å². The molecule has 1 unspecified atom stereocenters. The van der Waals surface area contributed by atoms with Crippen LogP contribution in [0.1, 0.15) is 23.8 Å². The fourth-order valence-electron chi connectivity index (χ4n) is 1.28. The maximum Gasteiger partial charge on any atom is 0.271 e. The van der Waals surface area contributed by atoms with Crippen molar-refractivity contribution in [1.82, 2.24) is 14.9 Å². The van der Waals surface area contributed by atoms with Crippen molar-refractivity contribution in [3.63, 3.8) is 0 Å². The van der Waals surface area contributed by atoms with Gasteiger partial charge >= 0.3 is 0 Å². The van der Waals surface area contributed by atoms with Crippen molar-refractivity contribution < 1.29 is 9.90 Å². The molecular formula is C10H18N4O2. The van der Waals surface area contributed by atoms with E-state index in [1.54, 1.807) is 17.1 Å². The van der Waals surface area contributed by atoms with Crippen LogP contribution in [-0.2, 0) is 6.54 Å². The second-order valence-electron chi connectivity index (χ2n) is 3.55. The van der Waals surface area contributed by atoms with E-state index in [1.807, 2.05) is 6.92 Å². The molecule has 0 aliphatic rings. The number of hydrogen-bond donors (Lipinski definition) is 3. The number of aliphatic hydroxyl groups is 1. The minimum Gasteiger partial charge on any atom is -0.394 e. The van der Waals surface area contributed by atoms with Gasteiger partial charge in [0.1, 0.15) is 5.69 Å². The molecule has 0 spiro atoms. The molecule has 0 aromatic carbocycles. The van der Waals surface area contributed by atoms with E-state index in [-0.39, 0.29) is 18.6 Å². The number of hydrogen-bond acceptors (Lipinski definition) is 4. The van der Waals surface area contributed by atoms with E-state index in [1.165, 1.54) is 0 Å². The average molecular weight is 226 g/mol. The number of amides is 1. The fraction of sp³-hybridized carbons (Fsp3) is 0.600. The van der Waals surface area contributed by atoms with Gasteiger partial charge in [0.05, 0.1) is 19.0 Å². The number of imidazole rings is 1. The van der Waals surface area contributed by atoms with Gasteiger partial charge in [0.15, 0.2) is 0 Å². The first-order chi connectivity index (χ1) is 7.71. The van der Waals surface area contributed by atoms with Gasteiger partial charge in [-0.05, 0) is 6.42 Å².